The Morgan fingerprint density at radius 2 is 1.40 bits per heavy atom. The van der Waals surface area contributed by atoms with Gasteiger partial charge in [0.2, 0.25) is 0 Å². The molecule has 237 valence electrons. The van der Waals surface area contributed by atoms with E-state index in [0.29, 0.717) is 0 Å². The van der Waals surface area contributed by atoms with Gasteiger partial charge in [0.1, 0.15) is 42.4 Å². The molecule has 3 aliphatic rings. The Labute approximate surface area is 237 Å². The van der Waals surface area contributed by atoms with Crippen LogP contribution in [-0.2, 0) is 50.3 Å². The van der Waals surface area contributed by atoms with Crippen LogP contribution in [0.4, 0.5) is 0 Å². The average Bonchev–Trinajstić information content (AvgIpc) is 2.93. The molecular weight excluding hydrogens is 602 g/mol. The zero-order valence-electron chi connectivity index (χ0n) is 20.7. The number of aliphatic hydroxyl groups is 8. The summed E-state index contributed by atoms with van der Waals surface area (Å²) in [4.78, 5) is 11.6. The van der Waals surface area contributed by atoms with Crippen molar-refractivity contribution in [1.29, 1.82) is 0 Å². The topological polar surface area (TPSA) is 335 Å². The van der Waals surface area contributed by atoms with Crippen molar-refractivity contribution in [3.8, 4) is 0 Å². The smallest absolute Gasteiger partial charge is 0.846 e. The summed E-state index contributed by atoms with van der Waals surface area (Å²) in [5, 5.41) is 91.8. The van der Waals surface area contributed by atoms with Gasteiger partial charge >= 0.3 is 17.1 Å². The van der Waals surface area contributed by atoms with Crippen LogP contribution in [0.5, 0.6) is 0 Å². The van der Waals surface area contributed by atoms with Crippen molar-refractivity contribution in [2.75, 3.05) is 26.4 Å². The largest absolute Gasteiger partial charge is 2.00 e. The molecule has 3 saturated heterocycles. The summed E-state index contributed by atoms with van der Waals surface area (Å²) in [6.45, 7) is -4.24. The van der Waals surface area contributed by atoms with Crippen molar-refractivity contribution in [2.45, 2.75) is 85.5 Å². The number of ether oxygens (including phenoxy) is 6. The molecule has 14 atom stereocenters. The minimum atomic E-state index is -2.75. The maximum Gasteiger partial charge on any atom is 2.00 e. The molecule has 0 saturated carbocycles. The minimum Gasteiger partial charge on any atom is -0.846 e. The number of hydrogen-bond donors (Lipinski definition) is 11. The molecule has 0 aromatic carbocycles. The minimum absolute atomic E-state index is 0. The summed E-state index contributed by atoms with van der Waals surface area (Å²) in [5.41, 5.74) is 17.6. The quantitative estimate of drug-likeness (QED) is 0.0635. The SMILES string of the molecule is N[C@H]1[C@@H](OC2[C@@H](CO)O[C@@H](OC3[C@@H](CO)O[C@@H](O)[C@H](N)[C@H]3O)[C@H](N)[C@H]2O)O[C@](CO)(OC(=O)C[O-])[C-](O)[C@@H]1O.[Cu+2]. The van der Waals surface area contributed by atoms with E-state index in [1.807, 2.05) is 0 Å². The normalized spacial score (nSPS) is 46.5. The first kappa shape index (κ1) is 35.5. The fourth-order valence-electron chi connectivity index (χ4n) is 4.40. The summed E-state index contributed by atoms with van der Waals surface area (Å²) >= 11 is 0. The fourth-order valence-corrected chi connectivity index (χ4v) is 4.40. The molecule has 14 N–H and O–H groups in total. The summed E-state index contributed by atoms with van der Waals surface area (Å²) in [6.07, 6.45) is -17.2. The molecule has 3 rings (SSSR count). The van der Waals surface area contributed by atoms with Crippen molar-refractivity contribution in [3.05, 3.63) is 6.10 Å². The van der Waals surface area contributed by atoms with Crippen LogP contribution in [0.15, 0.2) is 0 Å². The van der Waals surface area contributed by atoms with Gasteiger partial charge in [-0.25, -0.2) is 0 Å². The van der Waals surface area contributed by atoms with E-state index in [9.17, 15) is 50.8 Å². The Bertz CT molecular complexity index is 818. The Morgan fingerprint density at radius 1 is 0.875 bits per heavy atom. The van der Waals surface area contributed by atoms with E-state index < -0.39 is 124 Å². The van der Waals surface area contributed by atoms with E-state index in [0.717, 1.165) is 0 Å². The third kappa shape index (κ3) is 6.92. The molecule has 40 heavy (non-hydrogen) atoms. The molecule has 0 bridgehead atoms. The predicted molar refractivity (Wildman–Crippen MR) is 116 cm³/mol. The molecule has 3 aliphatic heterocycles. The van der Waals surface area contributed by atoms with Crippen LogP contribution >= 0.6 is 0 Å². The van der Waals surface area contributed by atoms with Gasteiger partial charge < -0.3 is 91.6 Å². The number of carbonyl (C=O) groups excluding carboxylic acids is 1. The van der Waals surface area contributed by atoms with E-state index in [4.69, 9.17) is 45.6 Å². The van der Waals surface area contributed by atoms with Crippen LogP contribution < -0.4 is 22.3 Å². The third-order valence-corrected chi connectivity index (χ3v) is 6.66. The molecule has 3 fully saturated rings. The Balaban J connectivity index is 0.00000560. The van der Waals surface area contributed by atoms with Crippen LogP contribution in [0.3, 0.4) is 0 Å². The van der Waals surface area contributed by atoms with Gasteiger partial charge in [-0.15, -0.1) is 0 Å². The number of rotatable bonds is 9. The molecule has 20 heteroatoms. The first-order chi connectivity index (χ1) is 18.3. The summed E-state index contributed by atoms with van der Waals surface area (Å²) < 4.78 is 32.0. The van der Waals surface area contributed by atoms with Gasteiger partial charge in [0.25, 0.3) is 5.97 Å². The average molecular weight is 637 g/mol. The van der Waals surface area contributed by atoms with Crippen LogP contribution in [-0.4, -0.2) is 159 Å². The van der Waals surface area contributed by atoms with Gasteiger partial charge in [-0.3, -0.25) is 4.79 Å². The summed E-state index contributed by atoms with van der Waals surface area (Å²) in [6, 6.07) is -4.42. The van der Waals surface area contributed by atoms with Crippen molar-refractivity contribution in [2.24, 2.45) is 17.2 Å². The van der Waals surface area contributed by atoms with E-state index >= 15 is 0 Å². The first-order valence-corrected chi connectivity index (χ1v) is 11.8. The van der Waals surface area contributed by atoms with Crippen LogP contribution in [0.2, 0.25) is 0 Å². The number of hydrogen-bond acceptors (Lipinski definition) is 19. The number of aliphatic hydroxyl groups excluding tert-OH is 8. The van der Waals surface area contributed by atoms with Crippen molar-refractivity contribution in [1.82, 2.24) is 0 Å². The van der Waals surface area contributed by atoms with E-state index in [1.54, 1.807) is 0 Å². The monoisotopic (exact) mass is 636 g/mol. The van der Waals surface area contributed by atoms with Gasteiger partial charge in [-0.05, 0) is 12.7 Å². The van der Waals surface area contributed by atoms with Gasteiger partial charge in [0.15, 0.2) is 18.9 Å². The van der Waals surface area contributed by atoms with Gasteiger partial charge in [0, 0.05) is 0 Å². The molecule has 0 aromatic heterocycles. The first-order valence-electron chi connectivity index (χ1n) is 11.8. The Kier molecular flexibility index (Phi) is 13.0. The van der Waals surface area contributed by atoms with Crippen molar-refractivity contribution in [3.63, 3.8) is 0 Å². The van der Waals surface area contributed by atoms with Crippen molar-refractivity contribution >= 4 is 5.97 Å². The van der Waals surface area contributed by atoms with E-state index in [2.05, 4.69) is 0 Å². The molecule has 0 aliphatic carbocycles. The molecule has 2 unspecified atom stereocenters. The van der Waals surface area contributed by atoms with Crippen LogP contribution in [0.25, 0.3) is 0 Å². The fraction of sp³-hybridized carbons (Fsp3) is 0.900. The maximum atomic E-state index is 11.6. The maximum absolute atomic E-state index is 11.6. The third-order valence-electron chi connectivity index (χ3n) is 6.66. The number of nitrogens with two attached hydrogens (primary N) is 3. The Hall–Kier alpha value is -0.691. The molecule has 0 aromatic rings. The molecule has 1 radical (unpaired) electrons. The molecule has 19 nitrogen and oxygen atoms in total. The predicted octanol–water partition coefficient (Wildman–Crippen LogP) is -8.90. The van der Waals surface area contributed by atoms with E-state index in [1.165, 1.54) is 0 Å². The molecule has 0 spiro atoms. The molecular formula is C20H35CuN3O16. The van der Waals surface area contributed by atoms with Crippen LogP contribution in [0, 0.1) is 6.10 Å². The second-order valence-corrected chi connectivity index (χ2v) is 9.23. The second-order valence-electron chi connectivity index (χ2n) is 9.23. The van der Waals surface area contributed by atoms with Crippen molar-refractivity contribution < 1.29 is 96.2 Å². The second kappa shape index (κ2) is 14.7. The molecule has 3 heterocycles. The Morgan fingerprint density at radius 3 is 1.93 bits per heavy atom. The van der Waals surface area contributed by atoms with E-state index in [-0.39, 0.29) is 17.1 Å². The van der Waals surface area contributed by atoms with Gasteiger partial charge in [0.05, 0.1) is 37.9 Å². The molecule has 0 amide bonds. The van der Waals surface area contributed by atoms with Gasteiger partial charge in [-0.1, -0.05) is 6.10 Å². The van der Waals surface area contributed by atoms with Gasteiger partial charge in [-0.2, -0.15) is 0 Å². The summed E-state index contributed by atoms with van der Waals surface area (Å²) in [7, 11) is 0. The zero-order valence-corrected chi connectivity index (χ0v) is 21.7. The zero-order chi connectivity index (χ0) is 29.2. The number of esters is 1. The number of carbonyl (C=O) groups is 1. The summed E-state index contributed by atoms with van der Waals surface area (Å²) in [5.74, 6) is -4.21. The van der Waals surface area contributed by atoms with Crippen LogP contribution in [0.1, 0.15) is 0 Å². The standard InChI is InChI=1S/C20H35N3O16.Cu/c21-8-11(29)14(5(1-24)34-17(8)33)36-18-9(22)12(30)15(6(2-25)35-18)37-19-10(23)13(31)16(32)20(4-27,39-19)38-7(28)3-26;/h5-6,8-15,17-19,24-25,27,29-33H,1-4,21-23H2;/q-2;+2/t5-,6-,8-,9-,10-,11-,12-,13-,14?,15?,17-,18+,19+,20+;/m1./s1.